The third-order valence-electron chi connectivity index (χ3n) is 3.23. The highest BCUT2D eigenvalue weighted by atomic mass is 16.5. The summed E-state index contributed by atoms with van der Waals surface area (Å²) >= 11 is 0. The monoisotopic (exact) mass is 255 g/mol. The number of hydrogen-bond acceptors (Lipinski definition) is 4. The van der Waals surface area contributed by atoms with E-state index in [0.29, 0.717) is 6.04 Å². The van der Waals surface area contributed by atoms with Gasteiger partial charge in [-0.3, -0.25) is 0 Å². The molecule has 0 radical (unpaired) electrons. The van der Waals surface area contributed by atoms with Crippen molar-refractivity contribution in [2.24, 2.45) is 0 Å². The highest BCUT2D eigenvalue weighted by Crippen LogP contribution is 2.20. The van der Waals surface area contributed by atoms with Crippen LogP contribution in [0.1, 0.15) is 18.4 Å². The number of aromatic nitrogens is 2. The first kappa shape index (κ1) is 12.1. The summed E-state index contributed by atoms with van der Waals surface area (Å²) in [6, 6.07) is 8.48. The van der Waals surface area contributed by atoms with E-state index in [1.807, 2.05) is 36.7 Å². The lowest BCUT2D eigenvalue weighted by atomic mass is 10.2. The van der Waals surface area contributed by atoms with Gasteiger partial charge in [-0.15, -0.1) is 0 Å². The zero-order valence-electron chi connectivity index (χ0n) is 11.0. The Labute approximate surface area is 112 Å². The van der Waals surface area contributed by atoms with E-state index < -0.39 is 0 Å². The fourth-order valence-electron chi connectivity index (χ4n) is 1.88. The molecular weight excluding hydrogens is 238 g/mol. The summed E-state index contributed by atoms with van der Waals surface area (Å²) in [4.78, 5) is 8.82. The number of nitrogens with one attached hydrogen (secondary N) is 1. The van der Waals surface area contributed by atoms with Gasteiger partial charge in [0, 0.05) is 36.1 Å². The van der Waals surface area contributed by atoms with E-state index in [2.05, 4.69) is 15.3 Å². The van der Waals surface area contributed by atoms with Crippen LogP contribution in [0.25, 0.3) is 11.4 Å². The first-order chi connectivity index (χ1) is 9.35. The summed E-state index contributed by atoms with van der Waals surface area (Å²) in [5, 5.41) is 3.45. The van der Waals surface area contributed by atoms with Crippen LogP contribution in [0.15, 0.2) is 36.7 Å². The standard InChI is InChI=1S/C15H17N3O/c1-19-14-6-2-12(3-7-14)15-17-9-11(10-18-15)8-16-13-4-5-13/h2-3,6-7,9-10,13,16H,4-5,8H2,1H3. The predicted molar refractivity (Wildman–Crippen MR) is 73.9 cm³/mol. The van der Waals surface area contributed by atoms with Crippen LogP contribution in [0.4, 0.5) is 0 Å². The van der Waals surface area contributed by atoms with Gasteiger partial charge in [0.05, 0.1) is 7.11 Å². The normalized spacial score (nSPS) is 14.4. The Bertz CT molecular complexity index is 532. The Morgan fingerprint density at radius 3 is 2.42 bits per heavy atom. The van der Waals surface area contributed by atoms with E-state index in [1.165, 1.54) is 12.8 Å². The van der Waals surface area contributed by atoms with E-state index in [-0.39, 0.29) is 0 Å². The van der Waals surface area contributed by atoms with Crippen LogP contribution in [-0.4, -0.2) is 23.1 Å². The van der Waals surface area contributed by atoms with Gasteiger partial charge in [-0.2, -0.15) is 0 Å². The maximum absolute atomic E-state index is 5.14. The Morgan fingerprint density at radius 1 is 1.16 bits per heavy atom. The minimum absolute atomic E-state index is 0.710. The average Bonchev–Trinajstić information content (AvgIpc) is 3.30. The quantitative estimate of drug-likeness (QED) is 0.891. The van der Waals surface area contributed by atoms with Crippen LogP contribution in [-0.2, 0) is 6.54 Å². The zero-order chi connectivity index (χ0) is 13.1. The van der Waals surface area contributed by atoms with Crippen molar-refractivity contribution >= 4 is 0 Å². The molecule has 2 aromatic rings. The molecule has 0 unspecified atom stereocenters. The second-order valence-electron chi connectivity index (χ2n) is 4.80. The third kappa shape index (κ3) is 3.09. The number of rotatable bonds is 5. The number of nitrogens with zero attached hydrogens (tertiary/aromatic N) is 2. The van der Waals surface area contributed by atoms with E-state index in [4.69, 9.17) is 4.74 Å². The minimum Gasteiger partial charge on any atom is -0.497 e. The molecule has 98 valence electrons. The molecule has 1 aromatic heterocycles. The Balaban J connectivity index is 1.69. The maximum atomic E-state index is 5.14. The molecule has 0 atom stereocenters. The van der Waals surface area contributed by atoms with Crippen molar-refractivity contribution in [2.45, 2.75) is 25.4 Å². The summed E-state index contributed by atoms with van der Waals surface area (Å²) in [5.41, 5.74) is 2.13. The lowest BCUT2D eigenvalue weighted by Crippen LogP contribution is -2.15. The average molecular weight is 255 g/mol. The van der Waals surface area contributed by atoms with E-state index in [1.54, 1.807) is 7.11 Å². The van der Waals surface area contributed by atoms with Gasteiger partial charge in [0.15, 0.2) is 5.82 Å². The first-order valence-corrected chi connectivity index (χ1v) is 6.54. The van der Waals surface area contributed by atoms with Gasteiger partial charge >= 0.3 is 0 Å². The second kappa shape index (κ2) is 5.36. The van der Waals surface area contributed by atoms with Gasteiger partial charge in [0.25, 0.3) is 0 Å². The zero-order valence-corrected chi connectivity index (χ0v) is 11.0. The molecule has 19 heavy (non-hydrogen) atoms. The van der Waals surface area contributed by atoms with Crippen molar-refractivity contribution in [2.75, 3.05) is 7.11 Å². The number of ether oxygens (including phenoxy) is 1. The van der Waals surface area contributed by atoms with E-state index >= 15 is 0 Å². The SMILES string of the molecule is COc1ccc(-c2ncc(CNC3CC3)cn2)cc1. The number of hydrogen-bond donors (Lipinski definition) is 1. The van der Waals surface area contributed by atoms with Crippen LogP contribution in [0, 0.1) is 0 Å². The lowest BCUT2D eigenvalue weighted by Gasteiger charge is -2.05. The molecular formula is C15H17N3O. The predicted octanol–water partition coefficient (Wildman–Crippen LogP) is 2.40. The minimum atomic E-state index is 0.710. The summed E-state index contributed by atoms with van der Waals surface area (Å²) in [6.45, 7) is 0.855. The van der Waals surface area contributed by atoms with Crippen LogP contribution in [0.3, 0.4) is 0 Å². The molecule has 4 nitrogen and oxygen atoms in total. The Morgan fingerprint density at radius 2 is 1.84 bits per heavy atom. The van der Waals surface area contributed by atoms with Crippen molar-refractivity contribution in [3.05, 3.63) is 42.2 Å². The Hall–Kier alpha value is -1.94. The van der Waals surface area contributed by atoms with Crippen LogP contribution in [0.5, 0.6) is 5.75 Å². The van der Waals surface area contributed by atoms with Crippen LogP contribution in [0.2, 0.25) is 0 Å². The van der Waals surface area contributed by atoms with Gasteiger partial charge in [-0.25, -0.2) is 9.97 Å². The van der Waals surface area contributed by atoms with Crippen molar-refractivity contribution in [3.8, 4) is 17.1 Å². The van der Waals surface area contributed by atoms with E-state index in [9.17, 15) is 0 Å². The van der Waals surface area contributed by atoms with Gasteiger partial charge in [0.2, 0.25) is 0 Å². The van der Waals surface area contributed by atoms with Gasteiger partial charge in [-0.1, -0.05) is 0 Å². The lowest BCUT2D eigenvalue weighted by molar-refractivity contribution is 0.415. The molecule has 1 saturated carbocycles. The molecule has 1 fully saturated rings. The molecule has 0 saturated heterocycles. The summed E-state index contributed by atoms with van der Waals surface area (Å²) in [6.07, 6.45) is 6.37. The van der Waals surface area contributed by atoms with Gasteiger partial charge < -0.3 is 10.1 Å². The highest BCUT2D eigenvalue weighted by Gasteiger charge is 2.19. The molecule has 1 N–H and O–H groups in total. The molecule has 1 heterocycles. The van der Waals surface area contributed by atoms with Crippen LogP contribution < -0.4 is 10.1 Å². The van der Waals surface area contributed by atoms with Crippen molar-refractivity contribution in [3.63, 3.8) is 0 Å². The molecule has 0 aliphatic heterocycles. The van der Waals surface area contributed by atoms with E-state index in [0.717, 1.165) is 29.2 Å². The smallest absolute Gasteiger partial charge is 0.159 e. The van der Waals surface area contributed by atoms with Crippen molar-refractivity contribution in [1.82, 2.24) is 15.3 Å². The molecule has 1 aliphatic rings. The fourth-order valence-corrected chi connectivity index (χ4v) is 1.88. The van der Waals surface area contributed by atoms with Gasteiger partial charge in [-0.05, 0) is 37.1 Å². The molecule has 0 amide bonds. The molecule has 4 heteroatoms. The van der Waals surface area contributed by atoms with Crippen LogP contribution >= 0.6 is 0 Å². The highest BCUT2D eigenvalue weighted by molar-refractivity contribution is 5.55. The Kier molecular flexibility index (Phi) is 3.42. The summed E-state index contributed by atoms with van der Waals surface area (Å²) in [5.74, 6) is 1.59. The molecule has 3 rings (SSSR count). The number of benzene rings is 1. The summed E-state index contributed by atoms with van der Waals surface area (Å²) in [7, 11) is 1.66. The second-order valence-corrected chi connectivity index (χ2v) is 4.80. The van der Waals surface area contributed by atoms with Crippen molar-refractivity contribution < 1.29 is 4.74 Å². The number of methoxy groups -OCH3 is 1. The maximum Gasteiger partial charge on any atom is 0.159 e. The topological polar surface area (TPSA) is 47.0 Å². The largest absolute Gasteiger partial charge is 0.497 e. The molecule has 1 aromatic carbocycles. The molecule has 0 spiro atoms. The fraction of sp³-hybridized carbons (Fsp3) is 0.333. The first-order valence-electron chi connectivity index (χ1n) is 6.54. The molecule has 0 bridgehead atoms. The summed E-state index contributed by atoms with van der Waals surface area (Å²) < 4.78 is 5.14. The van der Waals surface area contributed by atoms with Gasteiger partial charge in [0.1, 0.15) is 5.75 Å². The third-order valence-corrected chi connectivity index (χ3v) is 3.23. The molecule has 1 aliphatic carbocycles. The van der Waals surface area contributed by atoms with Crippen molar-refractivity contribution in [1.29, 1.82) is 0 Å².